The predicted octanol–water partition coefficient (Wildman–Crippen LogP) is 3.50. The third kappa shape index (κ3) is 3.66. The Hall–Kier alpha value is -4.20. The predicted molar refractivity (Wildman–Crippen MR) is 123 cm³/mol. The van der Waals surface area contributed by atoms with Crippen LogP contribution in [0.2, 0.25) is 0 Å². The number of H-pyrrole nitrogens is 1. The number of aryl methyl sites for hydroxylation is 1. The third-order valence-corrected chi connectivity index (χ3v) is 5.61. The molecule has 2 aromatic heterocycles. The number of anilines is 1. The van der Waals surface area contributed by atoms with E-state index in [-0.39, 0.29) is 5.78 Å². The van der Waals surface area contributed by atoms with Gasteiger partial charge in [0.1, 0.15) is 12.1 Å². The van der Waals surface area contributed by atoms with Crippen LogP contribution in [0.3, 0.4) is 0 Å². The average Bonchev–Trinajstić information content (AvgIpc) is 3.29. The van der Waals surface area contributed by atoms with Crippen molar-refractivity contribution in [3.63, 3.8) is 0 Å². The topological polar surface area (TPSA) is 115 Å². The number of carbonyl (C=O) groups is 1. The molecule has 0 bridgehead atoms. The van der Waals surface area contributed by atoms with Crippen LogP contribution in [-0.4, -0.2) is 36.8 Å². The molecule has 0 radical (unpaired) electrons. The van der Waals surface area contributed by atoms with Crippen LogP contribution < -0.4 is 11.1 Å². The maximum Gasteiger partial charge on any atom is 0.198 e. The minimum Gasteiger partial charge on any atom is -0.383 e. The molecule has 1 saturated carbocycles. The first-order chi connectivity index (χ1) is 15.5. The summed E-state index contributed by atoms with van der Waals surface area (Å²) in [6, 6.07) is 13.7. The molecule has 0 unspecified atom stereocenters. The van der Waals surface area contributed by atoms with Gasteiger partial charge in [-0.1, -0.05) is 36.9 Å². The molecule has 1 aliphatic rings. The molecule has 0 spiro atoms. The molecule has 2 aromatic carbocycles. The van der Waals surface area contributed by atoms with Gasteiger partial charge in [0.15, 0.2) is 11.6 Å². The SMILES string of the molecule is C=C(NC1CC1)c1ccc(C)c(-n2ncc(C(=O)c3cccc(-c4nnc[nH]4)c3)c2N)c1. The zero-order chi connectivity index (χ0) is 22.2. The molecule has 8 heteroatoms. The summed E-state index contributed by atoms with van der Waals surface area (Å²) in [6.45, 7) is 6.14. The molecule has 5 rings (SSSR count). The van der Waals surface area contributed by atoms with Crippen molar-refractivity contribution in [2.75, 3.05) is 5.73 Å². The Morgan fingerprint density at radius 1 is 1.22 bits per heavy atom. The number of hydrogen-bond donors (Lipinski definition) is 3. The highest BCUT2D eigenvalue weighted by Crippen LogP contribution is 2.27. The molecule has 4 N–H and O–H groups in total. The monoisotopic (exact) mass is 425 g/mol. The van der Waals surface area contributed by atoms with E-state index in [1.165, 1.54) is 25.4 Å². The number of rotatable bonds is 7. The number of benzene rings is 2. The summed E-state index contributed by atoms with van der Waals surface area (Å²) in [4.78, 5) is 16.2. The molecular weight excluding hydrogens is 402 g/mol. The van der Waals surface area contributed by atoms with Gasteiger partial charge in [-0.05, 0) is 43.0 Å². The Morgan fingerprint density at radius 2 is 2.06 bits per heavy atom. The first-order valence-electron chi connectivity index (χ1n) is 10.4. The van der Waals surface area contributed by atoms with Crippen LogP contribution in [0.1, 0.15) is 39.9 Å². The lowest BCUT2D eigenvalue weighted by molar-refractivity contribution is 0.103. The largest absolute Gasteiger partial charge is 0.383 e. The van der Waals surface area contributed by atoms with E-state index >= 15 is 0 Å². The fourth-order valence-corrected chi connectivity index (χ4v) is 3.62. The number of nitrogens with one attached hydrogen (secondary N) is 2. The van der Waals surface area contributed by atoms with Crippen molar-refractivity contribution in [3.05, 3.63) is 83.8 Å². The van der Waals surface area contributed by atoms with E-state index < -0.39 is 0 Å². The van der Waals surface area contributed by atoms with Crippen molar-refractivity contribution in [1.82, 2.24) is 30.3 Å². The number of hydrogen-bond acceptors (Lipinski definition) is 6. The molecule has 2 heterocycles. The standard InChI is InChI=1S/C24H23N7O/c1-14-6-7-16(15(2)29-19-8-9-19)11-21(14)31-23(25)20(12-28-31)22(32)17-4-3-5-18(10-17)24-26-13-27-30-24/h3-7,10-13,19,29H,2,8-9,25H2,1H3,(H,26,27,30). The Bertz CT molecular complexity index is 1320. The van der Waals surface area contributed by atoms with Crippen LogP contribution in [0.15, 0.2) is 61.6 Å². The van der Waals surface area contributed by atoms with Crippen molar-refractivity contribution >= 4 is 17.3 Å². The molecule has 0 saturated heterocycles. The maximum absolute atomic E-state index is 13.2. The Kier molecular flexibility index (Phi) is 4.82. The van der Waals surface area contributed by atoms with Crippen LogP contribution in [0, 0.1) is 6.92 Å². The van der Waals surface area contributed by atoms with Crippen LogP contribution in [0.4, 0.5) is 5.82 Å². The summed E-state index contributed by atoms with van der Waals surface area (Å²) >= 11 is 0. The van der Waals surface area contributed by atoms with Gasteiger partial charge >= 0.3 is 0 Å². The van der Waals surface area contributed by atoms with Crippen LogP contribution in [-0.2, 0) is 0 Å². The van der Waals surface area contributed by atoms with Crippen molar-refractivity contribution in [1.29, 1.82) is 0 Å². The van der Waals surface area contributed by atoms with E-state index in [2.05, 4.69) is 32.2 Å². The summed E-state index contributed by atoms with van der Waals surface area (Å²) in [7, 11) is 0. The number of ketones is 1. The molecule has 0 atom stereocenters. The van der Waals surface area contributed by atoms with Crippen molar-refractivity contribution in [2.24, 2.45) is 0 Å². The summed E-state index contributed by atoms with van der Waals surface area (Å²) in [5.74, 6) is 0.681. The Morgan fingerprint density at radius 3 is 2.81 bits per heavy atom. The second kappa shape index (κ2) is 7.81. The summed E-state index contributed by atoms with van der Waals surface area (Å²) in [6.07, 6.45) is 5.36. The van der Waals surface area contributed by atoms with E-state index in [4.69, 9.17) is 5.73 Å². The first kappa shape index (κ1) is 19.7. The van der Waals surface area contributed by atoms with E-state index in [9.17, 15) is 4.79 Å². The van der Waals surface area contributed by atoms with Crippen LogP contribution in [0.5, 0.6) is 0 Å². The summed E-state index contributed by atoms with van der Waals surface area (Å²) in [5, 5.41) is 15.7. The molecule has 8 nitrogen and oxygen atoms in total. The quantitative estimate of drug-likeness (QED) is 0.391. The summed E-state index contributed by atoms with van der Waals surface area (Å²) < 4.78 is 1.61. The van der Waals surface area contributed by atoms with Gasteiger partial charge < -0.3 is 16.0 Å². The molecule has 32 heavy (non-hydrogen) atoms. The van der Waals surface area contributed by atoms with Crippen molar-refractivity contribution in [2.45, 2.75) is 25.8 Å². The van der Waals surface area contributed by atoms with Crippen molar-refractivity contribution in [3.8, 4) is 17.1 Å². The Balaban J connectivity index is 1.47. The number of nitrogens with two attached hydrogens (primary N) is 1. The smallest absolute Gasteiger partial charge is 0.198 e. The minimum atomic E-state index is -0.205. The molecule has 1 fully saturated rings. The second-order valence-corrected chi connectivity index (χ2v) is 8.00. The average molecular weight is 425 g/mol. The lowest BCUT2D eigenvalue weighted by atomic mass is 10.0. The molecule has 0 aliphatic heterocycles. The molecule has 4 aromatic rings. The van der Waals surface area contributed by atoms with Gasteiger partial charge in [-0.3, -0.25) is 4.79 Å². The van der Waals surface area contributed by atoms with Crippen LogP contribution >= 0.6 is 0 Å². The lowest BCUT2D eigenvalue weighted by Crippen LogP contribution is -2.14. The minimum absolute atomic E-state index is 0.205. The first-order valence-corrected chi connectivity index (χ1v) is 10.4. The van der Waals surface area contributed by atoms with Gasteiger partial charge in [0.05, 0.1) is 17.4 Å². The van der Waals surface area contributed by atoms with Gasteiger partial charge in [-0.2, -0.15) is 5.10 Å². The zero-order valence-corrected chi connectivity index (χ0v) is 17.7. The lowest BCUT2D eigenvalue weighted by Gasteiger charge is -2.13. The van der Waals surface area contributed by atoms with E-state index in [1.54, 1.807) is 22.9 Å². The fourth-order valence-electron chi connectivity index (χ4n) is 3.62. The molecule has 160 valence electrons. The van der Waals surface area contributed by atoms with Gasteiger partial charge in [-0.15, -0.1) is 10.2 Å². The maximum atomic E-state index is 13.2. The third-order valence-electron chi connectivity index (χ3n) is 5.61. The number of nitrogen functional groups attached to an aromatic ring is 1. The van der Waals surface area contributed by atoms with Gasteiger partial charge in [0.25, 0.3) is 0 Å². The van der Waals surface area contributed by atoms with E-state index in [0.29, 0.717) is 28.8 Å². The number of aromatic nitrogens is 5. The van der Waals surface area contributed by atoms with Crippen molar-refractivity contribution < 1.29 is 4.79 Å². The molecular formula is C24H23N7O. The van der Waals surface area contributed by atoms with Gasteiger partial charge in [0, 0.05) is 22.9 Å². The summed E-state index contributed by atoms with van der Waals surface area (Å²) in [5.41, 5.74) is 11.7. The van der Waals surface area contributed by atoms with Crippen LogP contribution in [0.25, 0.3) is 22.8 Å². The fraction of sp³-hybridized carbons (Fsp3) is 0.167. The zero-order valence-electron chi connectivity index (χ0n) is 17.7. The normalized spacial score (nSPS) is 13.2. The van der Waals surface area contributed by atoms with Gasteiger partial charge in [-0.25, -0.2) is 4.68 Å². The van der Waals surface area contributed by atoms with E-state index in [0.717, 1.165) is 28.1 Å². The number of carbonyl (C=O) groups excluding carboxylic acids is 1. The molecule has 0 amide bonds. The number of aromatic amines is 1. The highest BCUT2D eigenvalue weighted by molar-refractivity contribution is 6.12. The number of nitrogens with zero attached hydrogens (tertiary/aromatic N) is 4. The second-order valence-electron chi connectivity index (χ2n) is 8.00. The highest BCUT2D eigenvalue weighted by atomic mass is 16.1. The molecule has 1 aliphatic carbocycles. The Labute approximate surface area is 185 Å². The highest BCUT2D eigenvalue weighted by Gasteiger charge is 2.22. The van der Waals surface area contributed by atoms with E-state index in [1.807, 2.05) is 31.2 Å². The van der Waals surface area contributed by atoms with Gasteiger partial charge in [0.2, 0.25) is 0 Å².